The maximum absolute atomic E-state index is 11.6. The third-order valence-corrected chi connectivity index (χ3v) is 5.25. The Morgan fingerprint density at radius 3 is 2.43 bits per heavy atom. The summed E-state index contributed by atoms with van der Waals surface area (Å²) in [6.07, 6.45) is 2.58. The molecule has 0 fully saturated rings. The lowest BCUT2D eigenvalue weighted by Crippen LogP contribution is -2.39. The number of amides is 2. The van der Waals surface area contributed by atoms with E-state index >= 15 is 0 Å². The number of benzene rings is 2. The lowest BCUT2D eigenvalue weighted by molar-refractivity contribution is 0.202. The molecule has 0 saturated heterocycles. The van der Waals surface area contributed by atoms with E-state index in [0.29, 0.717) is 13.1 Å². The number of primary amides is 1. The van der Waals surface area contributed by atoms with Crippen LogP contribution in [0.1, 0.15) is 11.1 Å². The fourth-order valence-corrected chi connectivity index (χ4v) is 3.87. The smallest absolute Gasteiger partial charge is 0.315 e. The predicted molar refractivity (Wildman–Crippen MR) is 108 cm³/mol. The van der Waals surface area contributed by atoms with Gasteiger partial charge in [0, 0.05) is 24.8 Å². The number of hydrogen-bond acceptors (Lipinski definition) is 3. The highest BCUT2D eigenvalue weighted by atomic mass is 16.2. The number of rotatable bonds is 2. The molecule has 2 aromatic carbocycles. The van der Waals surface area contributed by atoms with Gasteiger partial charge in [0.05, 0.1) is 11.1 Å². The van der Waals surface area contributed by atoms with Crippen molar-refractivity contribution in [2.45, 2.75) is 13.0 Å². The van der Waals surface area contributed by atoms with Crippen LogP contribution in [0.15, 0.2) is 66.9 Å². The minimum absolute atomic E-state index is 0.394. The molecule has 6 heteroatoms. The van der Waals surface area contributed by atoms with Crippen LogP contribution in [0.3, 0.4) is 0 Å². The molecule has 2 amide bonds. The van der Waals surface area contributed by atoms with Gasteiger partial charge < -0.3 is 10.6 Å². The number of nitrogens with two attached hydrogens (primary N) is 1. The van der Waals surface area contributed by atoms with Crippen LogP contribution in [0.5, 0.6) is 0 Å². The molecule has 2 N–H and O–H groups in total. The van der Waals surface area contributed by atoms with Gasteiger partial charge in [0.2, 0.25) is 0 Å². The van der Waals surface area contributed by atoms with Crippen LogP contribution in [-0.2, 0) is 13.0 Å². The number of nitrogens with zero attached hydrogens (tertiary/aromatic N) is 4. The lowest BCUT2D eigenvalue weighted by Gasteiger charge is -2.27. The summed E-state index contributed by atoms with van der Waals surface area (Å²) in [6, 6.07) is 19.8. The molecule has 6 nitrogen and oxygen atoms in total. The third-order valence-electron chi connectivity index (χ3n) is 5.25. The Hall–Kier alpha value is -3.67. The van der Waals surface area contributed by atoms with E-state index in [1.807, 2.05) is 59.4 Å². The summed E-state index contributed by atoms with van der Waals surface area (Å²) >= 11 is 0. The number of aromatic nitrogens is 3. The molecule has 0 aliphatic carbocycles. The Morgan fingerprint density at radius 2 is 1.71 bits per heavy atom. The first-order chi connectivity index (χ1) is 13.7. The van der Waals surface area contributed by atoms with Gasteiger partial charge in [0.15, 0.2) is 5.65 Å². The number of hydrogen-bond donors (Lipinski definition) is 1. The summed E-state index contributed by atoms with van der Waals surface area (Å²) in [4.78, 5) is 18.0. The highest BCUT2D eigenvalue weighted by Crippen LogP contribution is 2.34. The van der Waals surface area contributed by atoms with Crippen molar-refractivity contribution in [3.8, 4) is 16.9 Å². The Morgan fingerprint density at radius 1 is 1.00 bits per heavy atom. The van der Waals surface area contributed by atoms with E-state index in [9.17, 15) is 4.79 Å². The van der Waals surface area contributed by atoms with Crippen molar-refractivity contribution in [3.05, 3.63) is 78.0 Å². The molecule has 0 spiro atoms. The standard InChI is InChI=1S/C22H19N5O/c23-22(28)26-12-11-18-16(14-26)13-24-21-19(18)20(15-7-3-1-4-8-15)25-27(21)17-9-5-2-6-10-17/h1-10,13H,11-12,14H2,(H2,23,28). The second kappa shape index (κ2) is 6.49. The zero-order valence-corrected chi connectivity index (χ0v) is 15.2. The number of para-hydroxylation sites is 1. The van der Waals surface area contributed by atoms with E-state index in [2.05, 4.69) is 12.1 Å². The molecule has 138 valence electrons. The molecule has 3 heterocycles. The van der Waals surface area contributed by atoms with E-state index in [-0.39, 0.29) is 0 Å². The van der Waals surface area contributed by atoms with Crippen molar-refractivity contribution in [2.24, 2.45) is 5.73 Å². The van der Waals surface area contributed by atoms with Crippen LogP contribution >= 0.6 is 0 Å². The van der Waals surface area contributed by atoms with Crippen LogP contribution in [-0.4, -0.2) is 32.2 Å². The topological polar surface area (TPSA) is 77.0 Å². The van der Waals surface area contributed by atoms with Gasteiger partial charge in [-0.25, -0.2) is 14.5 Å². The molecule has 0 saturated carbocycles. The van der Waals surface area contributed by atoms with Crippen molar-refractivity contribution in [1.29, 1.82) is 0 Å². The average molecular weight is 369 g/mol. The number of carbonyl (C=O) groups is 1. The number of urea groups is 1. The molecule has 0 unspecified atom stereocenters. The van der Waals surface area contributed by atoms with Gasteiger partial charge in [-0.1, -0.05) is 48.5 Å². The largest absolute Gasteiger partial charge is 0.351 e. The molecule has 4 aromatic rings. The summed E-state index contributed by atoms with van der Waals surface area (Å²) in [6.45, 7) is 1.09. The van der Waals surface area contributed by atoms with Crippen LogP contribution in [0.2, 0.25) is 0 Å². The SMILES string of the molecule is NC(=O)N1CCc2c(cnc3c2c(-c2ccccc2)nn3-c2ccccc2)C1. The molecule has 0 atom stereocenters. The Kier molecular flexibility index (Phi) is 3.83. The summed E-state index contributed by atoms with van der Waals surface area (Å²) in [7, 11) is 0. The highest BCUT2D eigenvalue weighted by Gasteiger charge is 2.25. The lowest BCUT2D eigenvalue weighted by atomic mass is 9.96. The molecule has 0 bridgehead atoms. The minimum Gasteiger partial charge on any atom is -0.351 e. The minimum atomic E-state index is -0.394. The summed E-state index contributed by atoms with van der Waals surface area (Å²) in [5.41, 5.74) is 11.5. The molecular weight excluding hydrogens is 350 g/mol. The quantitative estimate of drug-likeness (QED) is 0.587. The first-order valence-corrected chi connectivity index (χ1v) is 9.27. The van der Waals surface area contributed by atoms with Gasteiger partial charge >= 0.3 is 6.03 Å². The van der Waals surface area contributed by atoms with Gasteiger partial charge in [-0.2, -0.15) is 5.10 Å². The van der Waals surface area contributed by atoms with E-state index in [1.165, 1.54) is 5.56 Å². The second-order valence-corrected chi connectivity index (χ2v) is 6.93. The fraction of sp³-hybridized carbons (Fsp3) is 0.136. The monoisotopic (exact) mass is 369 g/mol. The van der Waals surface area contributed by atoms with Gasteiger partial charge in [0.25, 0.3) is 0 Å². The maximum Gasteiger partial charge on any atom is 0.315 e. The normalized spacial score (nSPS) is 13.5. The average Bonchev–Trinajstić information content (AvgIpc) is 3.14. The van der Waals surface area contributed by atoms with Gasteiger partial charge in [-0.15, -0.1) is 0 Å². The summed E-state index contributed by atoms with van der Waals surface area (Å²) < 4.78 is 1.90. The van der Waals surface area contributed by atoms with Crippen molar-refractivity contribution in [1.82, 2.24) is 19.7 Å². The molecular formula is C22H19N5O. The van der Waals surface area contributed by atoms with Crippen molar-refractivity contribution in [3.63, 3.8) is 0 Å². The van der Waals surface area contributed by atoms with E-state index in [4.69, 9.17) is 15.8 Å². The van der Waals surface area contributed by atoms with Crippen molar-refractivity contribution in [2.75, 3.05) is 6.54 Å². The molecule has 28 heavy (non-hydrogen) atoms. The van der Waals surface area contributed by atoms with Gasteiger partial charge in [0.1, 0.15) is 5.69 Å². The zero-order valence-electron chi connectivity index (χ0n) is 15.2. The molecule has 1 aliphatic heterocycles. The molecule has 2 aromatic heterocycles. The van der Waals surface area contributed by atoms with Gasteiger partial charge in [-0.05, 0) is 29.7 Å². The van der Waals surface area contributed by atoms with E-state index in [1.54, 1.807) is 4.90 Å². The third kappa shape index (κ3) is 2.62. The number of carbonyl (C=O) groups excluding carboxylic acids is 1. The molecule has 0 radical (unpaired) electrons. The van der Waals surface area contributed by atoms with Crippen molar-refractivity contribution < 1.29 is 4.79 Å². The second-order valence-electron chi connectivity index (χ2n) is 6.93. The summed E-state index contributed by atoms with van der Waals surface area (Å²) in [5.74, 6) is 0. The summed E-state index contributed by atoms with van der Waals surface area (Å²) in [5, 5.41) is 5.99. The molecule has 1 aliphatic rings. The highest BCUT2D eigenvalue weighted by molar-refractivity contribution is 5.95. The Balaban J connectivity index is 1.78. The number of pyridine rings is 1. The number of fused-ring (bicyclic) bond motifs is 3. The van der Waals surface area contributed by atoms with Crippen LogP contribution in [0.4, 0.5) is 4.79 Å². The first-order valence-electron chi connectivity index (χ1n) is 9.27. The Bertz CT molecular complexity index is 1170. The maximum atomic E-state index is 11.6. The predicted octanol–water partition coefficient (Wildman–Crippen LogP) is 3.52. The fourth-order valence-electron chi connectivity index (χ4n) is 3.87. The first kappa shape index (κ1) is 16.5. The van der Waals surface area contributed by atoms with Crippen LogP contribution in [0, 0.1) is 0 Å². The zero-order chi connectivity index (χ0) is 19.1. The Labute approximate surface area is 162 Å². The van der Waals surface area contributed by atoms with Gasteiger partial charge in [-0.3, -0.25) is 0 Å². The van der Waals surface area contributed by atoms with E-state index < -0.39 is 6.03 Å². The molecule has 5 rings (SSSR count). The van der Waals surface area contributed by atoms with Crippen molar-refractivity contribution >= 4 is 17.1 Å². The van der Waals surface area contributed by atoms with E-state index in [0.717, 1.165) is 40.0 Å². The van der Waals surface area contributed by atoms with Crippen LogP contribution in [0.25, 0.3) is 28.0 Å². The van der Waals surface area contributed by atoms with Crippen LogP contribution < -0.4 is 5.73 Å².